The van der Waals surface area contributed by atoms with Crippen LogP contribution in [-0.2, 0) is 17.8 Å². The summed E-state index contributed by atoms with van der Waals surface area (Å²) in [5, 5.41) is 3.42. The minimum atomic E-state index is 0.204. The van der Waals surface area contributed by atoms with Gasteiger partial charge in [0, 0.05) is 25.7 Å². The fourth-order valence-electron chi connectivity index (χ4n) is 2.37. The van der Waals surface area contributed by atoms with Gasteiger partial charge < -0.3 is 16.0 Å². The number of amides is 1. The predicted octanol–water partition coefficient (Wildman–Crippen LogP) is 1.28. The van der Waals surface area contributed by atoms with Crippen LogP contribution in [-0.4, -0.2) is 26.0 Å². The topological polar surface area (TPSA) is 58.4 Å². The van der Waals surface area contributed by atoms with E-state index in [1.54, 1.807) is 4.90 Å². The molecule has 0 spiro atoms. The zero-order valence-corrected chi connectivity index (χ0v) is 11.8. The number of hydrogen-bond acceptors (Lipinski definition) is 3. The Morgan fingerprint density at radius 1 is 1.42 bits per heavy atom. The van der Waals surface area contributed by atoms with Crippen LogP contribution in [0.2, 0.25) is 0 Å². The Kier molecular flexibility index (Phi) is 4.56. The lowest BCUT2D eigenvalue weighted by molar-refractivity contribution is -0.118. The molecule has 4 nitrogen and oxygen atoms in total. The van der Waals surface area contributed by atoms with Gasteiger partial charge in [0.1, 0.15) is 0 Å². The molecule has 0 radical (unpaired) electrons. The zero-order chi connectivity index (χ0) is 13.8. The Hall–Kier alpha value is -1.39. The third-order valence-corrected chi connectivity index (χ3v) is 3.71. The number of carbonyl (C=O) groups is 1. The monoisotopic (exact) mass is 261 g/mol. The van der Waals surface area contributed by atoms with Crippen LogP contribution in [0.3, 0.4) is 0 Å². The molecule has 4 heteroatoms. The molecular formula is C15H23N3O. The number of nitrogens with one attached hydrogen (secondary N) is 1. The van der Waals surface area contributed by atoms with Gasteiger partial charge in [0.05, 0.1) is 0 Å². The summed E-state index contributed by atoms with van der Waals surface area (Å²) >= 11 is 0. The average molecular weight is 261 g/mol. The van der Waals surface area contributed by atoms with Crippen molar-refractivity contribution in [3.8, 4) is 0 Å². The number of nitrogens with two attached hydrogens (primary N) is 1. The van der Waals surface area contributed by atoms with Gasteiger partial charge in [0.2, 0.25) is 5.91 Å². The number of carbonyl (C=O) groups excluding carboxylic acids is 1. The molecule has 104 valence electrons. The van der Waals surface area contributed by atoms with Crippen molar-refractivity contribution in [1.82, 2.24) is 5.32 Å². The van der Waals surface area contributed by atoms with Crippen molar-refractivity contribution in [2.24, 2.45) is 11.7 Å². The lowest BCUT2D eigenvalue weighted by Crippen LogP contribution is -2.31. The minimum Gasteiger partial charge on any atom is -0.330 e. The highest BCUT2D eigenvalue weighted by molar-refractivity contribution is 5.95. The van der Waals surface area contributed by atoms with Crippen molar-refractivity contribution < 1.29 is 4.79 Å². The average Bonchev–Trinajstić information content (AvgIpc) is 2.43. The first-order valence-electron chi connectivity index (χ1n) is 6.91. The second kappa shape index (κ2) is 6.17. The smallest absolute Gasteiger partial charge is 0.227 e. The second-order valence-electron chi connectivity index (χ2n) is 5.39. The van der Waals surface area contributed by atoms with Gasteiger partial charge in [0.25, 0.3) is 0 Å². The highest BCUT2D eigenvalue weighted by Gasteiger charge is 2.20. The maximum absolute atomic E-state index is 11.6. The number of nitrogens with zero attached hydrogens (tertiary/aromatic N) is 1. The van der Waals surface area contributed by atoms with E-state index in [2.05, 4.69) is 30.4 Å². The summed E-state index contributed by atoms with van der Waals surface area (Å²) in [6.07, 6.45) is 1.47. The van der Waals surface area contributed by atoms with Crippen LogP contribution in [0.4, 0.5) is 5.69 Å². The van der Waals surface area contributed by atoms with Crippen LogP contribution in [0, 0.1) is 5.92 Å². The van der Waals surface area contributed by atoms with Crippen molar-refractivity contribution in [2.45, 2.75) is 26.3 Å². The van der Waals surface area contributed by atoms with Crippen LogP contribution in [0.5, 0.6) is 0 Å². The predicted molar refractivity (Wildman–Crippen MR) is 78.1 cm³/mol. The molecule has 1 aromatic carbocycles. The first kappa shape index (κ1) is 14.0. The van der Waals surface area contributed by atoms with E-state index < -0.39 is 0 Å². The Morgan fingerprint density at radius 3 is 2.95 bits per heavy atom. The quantitative estimate of drug-likeness (QED) is 0.839. The summed E-state index contributed by atoms with van der Waals surface area (Å²) in [6.45, 7) is 4.64. The van der Waals surface area contributed by atoms with Gasteiger partial charge in [-0.1, -0.05) is 19.1 Å². The number of benzene rings is 1. The van der Waals surface area contributed by atoms with Gasteiger partial charge in [-0.3, -0.25) is 4.79 Å². The molecule has 3 N–H and O–H groups in total. The van der Waals surface area contributed by atoms with Gasteiger partial charge >= 0.3 is 0 Å². The Bertz CT molecular complexity index is 459. The molecule has 1 unspecified atom stereocenters. The normalized spacial score (nSPS) is 16.4. The highest BCUT2D eigenvalue weighted by atomic mass is 16.2. The molecule has 1 aromatic rings. The van der Waals surface area contributed by atoms with Crippen LogP contribution in [0.1, 0.15) is 24.5 Å². The molecule has 0 saturated carbocycles. The molecule has 2 rings (SSSR count). The summed E-state index contributed by atoms with van der Waals surface area (Å²) in [7, 11) is 1.85. The van der Waals surface area contributed by atoms with Crippen molar-refractivity contribution in [1.29, 1.82) is 0 Å². The largest absolute Gasteiger partial charge is 0.330 e. The molecule has 19 heavy (non-hydrogen) atoms. The van der Waals surface area contributed by atoms with E-state index in [-0.39, 0.29) is 5.91 Å². The summed E-state index contributed by atoms with van der Waals surface area (Å²) in [5.41, 5.74) is 9.19. The first-order valence-corrected chi connectivity index (χ1v) is 6.91. The second-order valence-corrected chi connectivity index (χ2v) is 5.39. The number of fused-ring (bicyclic) bond motifs is 1. The standard InChI is InChI=1S/C15H23N3O/c1-11(8-16)9-17-10-12-3-5-14-13(7-12)4-6-15(19)18(14)2/h3,5,7,11,17H,4,6,8-10,16H2,1-2H3. The molecule has 0 aromatic heterocycles. The zero-order valence-electron chi connectivity index (χ0n) is 11.8. The summed E-state index contributed by atoms with van der Waals surface area (Å²) in [4.78, 5) is 13.4. The minimum absolute atomic E-state index is 0.204. The third-order valence-electron chi connectivity index (χ3n) is 3.71. The lowest BCUT2D eigenvalue weighted by Gasteiger charge is -2.26. The van der Waals surface area contributed by atoms with Gasteiger partial charge in [0.15, 0.2) is 0 Å². The SMILES string of the molecule is CC(CN)CNCc1ccc2c(c1)CCC(=O)N2C. The Balaban J connectivity index is 1.99. The number of rotatable bonds is 5. The van der Waals surface area contributed by atoms with Gasteiger partial charge in [-0.25, -0.2) is 0 Å². The molecule has 1 amide bonds. The van der Waals surface area contributed by atoms with Crippen molar-refractivity contribution in [3.63, 3.8) is 0 Å². The maximum Gasteiger partial charge on any atom is 0.227 e. The maximum atomic E-state index is 11.6. The van der Waals surface area contributed by atoms with Gasteiger partial charge in [-0.2, -0.15) is 0 Å². The van der Waals surface area contributed by atoms with E-state index in [4.69, 9.17) is 5.73 Å². The van der Waals surface area contributed by atoms with E-state index in [0.717, 1.165) is 25.2 Å². The fraction of sp³-hybridized carbons (Fsp3) is 0.533. The molecule has 0 bridgehead atoms. The molecule has 1 heterocycles. The lowest BCUT2D eigenvalue weighted by atomic mass is 9.99. The summed E-state index contributed by atoms with van der Waals surface area (Å²) < 4.78 is 0. The third kappa shape index (κ3) is 3.33. The molecular weight excluding hydrogens is 238 g/mol. The number of hydrogen-bond donors (Lipinski definition) is 2. The van der Waals surface area contributed by atoms with Gasteiger partial charge in [-0.05, 0) is 42.6 Å². The first-order chi connectivity index (χ1) is 9.11. The van der Waals surface area contributed by atoms with Crippen molar-refractivity contribution >= 4 is 11.6 Å². The molecule has 0 saturated heterocycles. The van der Waals surface area contributed by atoms with Crippen LogP contribution in [0.15, 0.2) is 18.2 Å². The van der Waals surface area contributed by atoms with E-state index in [9.17, 15) is 4.79 Å². The number of anilines is 1. The van der Waals surface area contributed by atoms with Crippen molar-refractivity contribution in [2.75, 3.05) is 25.0 Å². The summed E-state index contributed by atoms with van der Waals surface area (Å²) in [6, 6.07) is 6.35. The number of aryl methyl sites for hydroxylation is 1. The van der Waals surface area contributed by atoms with Crippen LogP contribution in [0.25, 0.3) is 0 Å². The molecule has 0 aliphatic carbocycles. The molecule has 1 aliphatic heterocycles. The van der Waals surface area contributed by atoms with E-state index >= 15 is 0 Å². The summed E-state index contributed by atoms with van der Waals surface area (Å²) in [5.74, 6) is 0.705. The van der Waals surface area contributed by atoms with E-state index in [1.807, 2.05) is 7.05 Å². The van der Waals surface area contributed by atoms with Crippen LogP contribution < -0.4 is 16.0 Å². The molecule has 1 atom stereocenters. The van der Waals surface area contributed by atoms with E-state index in [1.165, 1.54) is 11.1 Å². The van der Waals surface area contributed by atoms with Crippen LogP contribution >= 0.6 is 0 Å². The Morgan fingerprint density at radius 2 is 2.21 bits per heavy atom. The molecule has 0 fully saturated rings. The highest BCUT2D eigenvalue weighted by Crippen LogP contribution is 2.27. The van der Waals surface area contributed by atoms with E-state index in [0.29, 0.717) is 18.9 Å². The Labute approximate surface area is 115 Å². The molecule has 1 aliphatic rings. The van der Waals surface area contributed by atoms with Gasteiger partial charge in [-0.15, -0.1) is 0 Å². The van der Waals surface area contributed by atoms with Crippen molar-refractivity contribution in [3.05, 3.63) is 29.3 Å². The fourth-order valence-corrected chi connectivity index (χ4v) is 2.37.